The van der Waals surface area contributed by atoms with Crippen molar-refractivity contribution in [1.29, 1.82) is 0 Å². The second kappa shape index (κ2) is 36.9. The second-order valence-electron chi connectivity index (χ2n) is 19.6. The zero-order valence-corrected chi connectivity index (χ0v) is 53.7. The van der Waals surface area contributed by atoms with Crippen LogP contribution < -0.4 is 37.1 Å². The van der Waals surface area contributed by atoms with Gasteiger partial charge in [-0.15, -0.1) is 0 Å². The number of hydrogen-bond acceptors (Lipinski definition) is 11. The average molecular weight is 1540 g/mol. The number of aliphatic carboxylic acids is 1. The lowest BCUT2D eigenvalue weighted by Gasteiger charge is -2.27. The third kappa shape index (κ3) is 26.3. The highest BCUT2D eigenvalue weighted by molar-refractivity contribution is 14.1. The zero-order chi connectivity index (χ0) is 57.0. The molecule has 0 heterocycles. The summed E-state index contributed by atoms with van der Waals surface area (Å²) in [7, 11) is 0. The number of benzene rings is 3. The minimum Gasteiger partial charge on any atom is -0.506 e. The van der Waals surface area contributed by atoms with E-state index >= 15 is 0 Å². The number of aromatic hydroxyl groups is 1. The van der Waals surface area contributed by atoms with E-state index in [1.165, 1.54) is 6.92 Å². The van der Waals surface area contributed by atoms with Crippen LogP contribution in [0.15, 0.2) is 54.6 Å². The summed E-state index contributed by atoms with van der Waals surface area (Å²) in [4.78, 5) is 90.8. The Bertz CT molecular complexity index is 2360. The molecule has 3 aromatic rings. The van der Waals surface area contributed by atoms with Crippen molar-refractivity contribution >= 4 is 144 Å². The first-order valence-electron chi connectivity index (χ1n) is 26.2. The van der Waals surface area contributed by atoms with Crippen LogP contribution in [-0.4, -0.2) is 105 Å². The minimum atomic E-state index is -1.31. The molecule has 0 aliphatic rings. The molecule has 0 aliphatic heterocycles. The maximum atomic E-state index is 13.7. The van der Waals surface area contributed by atoms with E-state index in [1.54, 1.807) is 23.9 Å². The van der Waals surface area contributed by atoms with Gasteiger partial charge in [0.05, 0.1) is 20.4 Å². The number of phenolic OH excluding ortho intramolecular Hbond substituents is 1. The van der Waals surface area contributed by atoms with Gasteiger partial charge in [-0.1, -0.05) is 108 Å². The van der Waals surface area contributed by atoms with E-state index in [2.05, 4.69) is 71.8 Å². The van der Waals surface area contributed by atoms with Gasteiger partial charge in [0, 0.05) is 25.7 Å². The monoisotopic (exact) mass is 1540 g/mol. The molecule has 0 saturated heterocycles. The molecule has 3 aromatic carbocycles. The van der Waals surface area contributed by atoms with E-state index in [9.17, 15) is 48.9 Å². The molecule has 17 nitrogen and oxygen atoms in total. The van der Waals surface area contributed by atoms with Crippen molar-refractivity contribution in [3.63, 3.8) is 0 Å². The van der Waals surface area contributed by atoms with Gasteiger partial charge in [-0.25, -0.2) is 4.79 Å². The first-order chi connectivity index (χ1) is 36.6. The predicted octanol–water partition coefficient (Wildman–Crippen LogP) is 9.02. The number of ether oxygens (including phenoxy) is 1. The molecule has 0 spiro atoms. The molecule has 0 bridgehead atoms. The topological polar surface area (TPSA) is 276 Å². The molecule has 0 fully saturated rings. The molecule has 3 rings (SSSR count). The van der Waals surface area contributed by atoms with Gasteiger partial charge in [0.1, 0.15) is 41.7 Å². The third-order valence-electron chi connectivity index (χ3n) is 12.5. The fourth-order valence-electron chi connectivity index (χ4n) is 8.32. The number of thioether (sulfide) groups is 1. The molecule has 22 heteroatoms. The maximum Gasteiger partial charge on any atom is 0.326 e. The first kappa shape index (κ1) is 68.1. The Kier molecular flexibility index (Phi) is 32.6. The highest BCUT2D eigenvalue weighted by atomic mass is 127. The van der Waals surface area contributed by atoms with Crippen LogP contribution in [0.25, 0.3) is 0 Å². The number of carboxylic acids is 1. The van der Waals surface area contributed by atoms with E-state index in [4.69, 9.17) is 10.5 Å². The quantitative estimate of drug-likeness (QED) is 0.0193. The summed E-state index contributed by atoms with van der Waals surface area (Å²) >= 11 is 9.88. The lowest BCUT2D eigenvalue weighted by molar-refractivity contribution is -0.142. The number of aliphatic hydroxyl groups is 1. The van der Waals surface area contributed by atoms with Crippen molar-refractivity contribution in [2.45, 2.75) is 173 Å². The van der Waals surface area contributed by atoms with Gasteiger partial charge in [-0.2, -0.15) is 11.8 Å². The van der Waals surface area contributed by atoms with E-state index in [0.717, 1.165) is 76.9 Å². The van der Waals surface area contributed by atoms with E-state index in [-0.39, 0.29) is 49.2 Å². The summed E-state index contributed by atoms with van der Waals surface area (Å²) in [5.74, 6) is -2.45. The van der Waals surface area contributed by atoms with Crippen molar-refractivity contribution < 1.29 is 53.6 Å². The fraction of sp³-hybridized carbons (Fsp3) is 0.545. The normalized spacial score (nSPS) is 13.6. The number of amides is 6. The van der Waals surface area contributed by atoms with Crippen molar-refractivity contribution in [2.75, 3.05) is 12.0 Å². The van der Waals surface area contributed by atoms with E-state index in [1.807, 2.05) is 108 Å². The van der Waals surface area contributed by atoms with Crippen LogP contribution in [0.1, 0.15) is 135 Å². The largest absolute Gasteiger partial charge is 0.506 e. The number of unbranched alkanes of at least 4 members (excludes halogenated alkanes) is 11. The Hall–Kier alpha value is -3.22. The van der Waals surface area contributed by atoms with Crippen LogP contribution in [0, 0.1) is 20.2 Å². The van der Waals surface area contributed by atoms with Gasteiger partial charge in [0.25, 0.3) is 0 Å². The summed E-state index contributed by atoms with van der Waals surface area (Å²) in [5, 5.41) is 44.0. The number of carboxylic acid groups (broad SMARTS) is 1. The van der Waals surface area contributed by atoms with Crippen molar-refractivity contribution in [3.05, 3.63) is 80.0 Å². The Labute approximate surface area is 512 Å². The maximum absolute atomic E-state index is 13.7. The van der Waals surface area contributed by atoms with Gasteiger partial charge in [0.2, 0.25) is 35.4 Å². The number of rotatable bonds is 37. The average Bonchev–Trinajstić information content (AvgIpc) is 3.36. The van der Waals surface area contributed by atoms with Gasteiger partial charge >= 0.3 is 5.97 Å². The number of carbonyl (C=O) groups excluding carboxylic acids is 6. The highest BCUT2D eigenvalue weighted by Crippen LogP contribution is 2.37. The summed E-state index contributed by atoms with van der Waals surface area (Å²) in [6, 6.07) is 10.8. The molecule has 0 radical (unpaired) electrons. The number of carbonyl (C=O) groups is 7. The van der Waals surface area contributed by atoms with Crippen LogP contribution in [0.3, 0.4) is 0 Å². The predicted molar refractivity (Wildman–Crippen MR) is 335 cm³/mol. The minimum absolute atomic E-state index is 0.0489. The fourth-order valence-corrected chi connectivity index (χ4v) is 12.6. The first-order valence-corrected chi connectivity index (χ1v) is 31.9. The number of phenols is 1. The molecule has 0 saturated carbocycles. The number of hydrogen-bond donors (Lipinski definition) is 9. The zero-order valence-electron chi connectivity index (χ0n) is 44.3. The molecule has 0 aromatic heterocycles. The molecular weight excluding hydrogens is 1460 g/mol. The lowest BCUT2D eigenvalue weighted by atomic mass is 10.0. The Morgan fingerprint density at radius 2 is 1.06 bits per heavy atom. The SMILES string of the molecule is CSCC[C@H](NC(=O)CCCCCCCCCCCCCCC(=O)N[C@H](C(=O)N[C@@H](CC(C)C)C(=O)N[C@@H](Cc1cc(I)c(Oc2cc(I)c(O)c(I)c2)c(I)c1)C(N)=O)C(C)O)C(=O)N[C@@H](Cc1ccccc1)C(=O)O. The number of nitrogens with two attached hydrogens (primary N) is 1. The summed E-state index contributed by atoms with van der Waals surface area (Å²) < 4.78 is 8.95. The number of primary amides is 1. The van der Waals surface area contributed by atoms with Crippen LogP contribution >= 0.6 is 102 Å². The second-order valence-corrected chi connectivity index (χ2v) is 25.2. The smallest absolute Gasteiger partial charge is 0.326 e. The Morgan fingerprint density at radius 3 is 1.55 bits per heavy atom. The summed E-state index contributed by atoms with van der Waals surface area (Å²) in [6.07, 6.45) is 13.5. The highest BCUT2D eigenvalue weighted by Gasteiger charge is 2.32. The number of nitrogens with one attached hydrogen (secondary N) is 5. The van der Waals surface area contributed by atoms with Gasteiger partial charge < -0.3 is 52.4 Å². The standard InChI is InChI=1S/C55H76I4N6O11S/c1-33(2)26-44(53(72)62-43(51(60)70)30-36-27-40(58)50(41(59)28-36)76-37-31-38(56)49(69)39(57)32-37)63-54(73)48(34(3)66)65-47(68)23-19-14-12-10-8-6-5-7-9-11-13-18-22-46(67)61-42(24-25-77-4)52(71)64-45(55(74)75)29-35-20-16-15-17-21-35/h15-17,20-21,27-28,31-34,42-45,48,66,69H,5-14,18-19,22-26,29-30H2,1-4H3,(H2,60,70)(H,61,67)(H,62,72)(H,63,73)(H,64,71)(H,65,68)(H,74,75)/t34?,42-,43-,44-,45-,48-/m0/s1. The molecule has 77 heavy (non-hydrogen) atoms. The number of aliphatic hydroxyl groups excluding tert-OH is 1. The summed E-state index contributed by atoms with van der Waals surface area (Å²) in [5.41, 5.74) is 7.29. The van der Waals surface area contributed by atoms with Crippen LogP contribution in [0.4, 0.5) is 0 Å². The van der Waals surface area contributed by atoms with Crippen molar-refractivity contribution in [1.82, 2.24) is 26.6 Å². The summed E-state index contributed by atoms with van der Waals surface area (Å²) in [6.45, 7) is 5.15. The van der Waals surface area contributed by atoms with Gasteiger partial charge in [0.15, 0.2) is 5.75 Å². The van der Waals surface area contributed by atoms with E-state index < -0.39 is 65.9 Å². The van der Waals surface area contributed by atoms with Crippen LogP contribution in [0.5, 0.6) is 17.2 Å². The molecule has 10 N–H and O–H groups in total. The van der Waals surface area contributed by atoms with Gasteiger partial charge in [-0.3, -0.25) is 28.8 Å². The molecule has 6 atom stereocenters. The van der Waals surface area contributed by atoms with Crippen LogP contribution in [-0.2, 0) is 46.4 Å². The molecule has 426 valence electrons. The van der Waals surface area contributed by atoms with Crippen molar-refractivity contribution in [3.8, 4) is 17.2 Å². The van der Waals surface area contributed by atoms with Crippen molar-refractivity contribution in [2.24, 2.45) is 11.7 Å². The Morgan fingerprint density at radius 1 is 0.597 bits per heavy atom. The molecule has 1 unspecified atom stereocenters. The van der Waals surface area contributed by atoms with Crippen LogP contribution in [0.2, 0.25) is 0 Å². The lowest BCUT2D eigenvalue weighted by Crippen LogP contribution is -2.59. The van der Waals surface area contributed by atoms with Gasteiger partial charge in [-0.05, 0) is 176 Å². The number of halogens is 4. The molecule has 6 amide bonds. The third-order valence-corrected chi connectivity index (χ3v) is 16.4. The molecule has 0 aliphatic carbocycles. The Balaban J connectivity index is 1.34. The molecular formula is C55H76I4N6O11S. The van der Waals surface area contributed by atoms with E-state index in [0.29, 0.717) is 55.6 Å².